The van der Waals surface area contributed by atoms with Crippen molar-refractivity contribution >= 4 is 47.5 Å². The zero-order valence-electron chi connectivity index (χ0n) is 40.9. The largest absolute Gasteiger partial charge is 0.491 e. The Bertz CT molecular complexity index is 2910. The number of carbonyl (C=O) groups excluding carboxylic acids is 6. The van der Waals surface area contributed by atoms with Gasteiger partial charge in [0.2, 0.25) is 17.8 Å². The smallest absolute Gasteiger partial charge is 0.421 e. The molecule has 19 nitrogen and oxygen atoms in total. The fourth-order valence-corrected chi connectivity index (χ4v) is 10.7. The molecular weight excluding hydrogens is 953 g/mol. The van der Waals surface area contributed by atoms with E-state index in [2.05, 4.69) is 21.8 Å². The Balaban J connectivity index is 1.31. The average molecular weight is 1010 g/mol. The van der Waals surface area contributed by atoms with E-state index in [0.29, 0.717) is 41.5 Å². The van der Waals surface area contributed by atoms with Gasteiger partial charge in [-0.3, -0.25) is 28.9 Å². The van der Waals surface area contributed by atoms with Crippen molar-refractivity contribution in [1.82, 2.24) is 19.8 Å². The van der Waals surface area contributed by atoms with Crippen LogP contribution in [0.4, 0.5) is 16.4 Å². The van der Waals surface area contributed by atoms with Crippen LogP contribution in [0.25, 0.3) is 0 Å². The molecule has 1 aromatic heterocycles. The summed E-state index contributed by atoms with van der Waals surface area (Å²) in [5.74, 6) is -0.0114. The predicted octanol–water partition coefficient (Wildman–Crippen LogP) is 4.35. The molecule has 19 heteroatoms. The molecule has 6 atom stereocenters. The van der Waals surface area contributed by atoms with Gasteiger partial charge < -0.3 is 43.3 Å². The van der Waals surface area contributed by atoms with Crippen molar-refractivity contribution in [2.75, 3.05) is 83.7 Å². The Morgan fingerprint density at radius 2 is 1.43 bits per heavy atom. The normalized spacial score (nSPS) is 22.1. The number of hydrogen-bond donors (Lipinski definition) is 1. The number of nitrogens with zero attached hydrogens (tertiary/aromatic N) is 6. The highest BCUT2D eigenvalue weighted by atomic mass is 16.6. The van der Waals surface area contributed by atoms with Gasteiger partial charge in [0.15, 0.2) is 5.92 Å². The lowest BCUT2D eigenvalue weighted by molar-refractivity contribution is -0.179. The molecule has 74 heavy (non-hydrogen) atoms. The number of piperazine rings is 1. The fraction of sp³-hybridized carbons (Fsp3) is 0.345. The van der Waals surface area contributed by atoms with Gasteiger partial charge in [-0.2, -0.15) is 0 Å². The van der Waals surface area contributed by atoms with Crippen LogP contribution in [0.1, 0.15) is 52.4 Å². The number of anilines is 2. The molecule has 0 unspecified atom stereocenters. The van der Waals surface area contributed by atoms with Crippen molar-refractivity contribution in [3.05, 3.63) is 149 Å². The van der Waals surface area contributed by atoms with Gasteiger partial charge in [-0.15, -0.1) is 0 Å². The molecule has 4 aliphatic rings. The number of esters is 3. The van der Waals surface area contributed by atoms with Crippen molar-refractivity contribution in [2.45, 2.75) is 36.1 Å². The Morgan fingerprint density at radius 3 is 2.07 bits per heavy atom. The number of rotatable bonds is 14. The van der Waals surface area contributed by atoms with E-state index >= 15 is 14.4 Å². The molecule has 0 radical (unpaired) electrons. The Hall–Kier alpha value is -8.18. The number of methoxy groups -OCH3 is 3. The number of morpholine rings is 1. The van der Waals surface area contributed by atoms with Crippen LogP contribution < -0.4 is 14.5 Å². The van der Waals surface area contributed by atoms with E-state index in [4.69, 9.17) is 28.4 Å². The van der Waals surface area contributed by atoms with Gasteiger partial charge in [0.05, 0.1) is 51.1 Å². The molecule has 3 amide bonds. The van der Waals surface area contributed by atoms with Gasteiger partial charge in [0.25, 0.3) is 0 Å². The second-order valence-electron chi connectivity index (χ2n) is 17.9. The highest BCUT2D eigenvalue weighted by molar-refractivity contribution is 6.23. The molecule has 0 aliphatic carbocycles. The summed E-state index contributed by atoms with van der Waals surface area (Å²) in [5.41, 5.74) is 0.228. The van der Waals surface area contributed by atoms with Crippen LogP contribution in [0.3, 0.4) is 0 Å². The fourth-order valence-electron chi connectivity index (χ4n) is 10.7. The second kappa shape index (κ2) is 22.3. The van der Waals surface area contributed by atoms with Crippen molar-refractivity contribution in [1.29, 1.82) is 0 Å². The topological polar surface area (TPSA) is 217 Å². The number of carbonyl (C=O) groups is 6. The zero-order valence-corrected chi connectivity index (χ0v) is 40.9. The minimum atomic E-state index is -2.14. The number of imide groups is 1. The van der Waals surface area contributed by atoms with E-state index in [1.165, 1.54) is 13.2 Å². The van der Waals surface area contributed by atoms with Crippen LogP contribution in [0.15, 0.2) is 122 Å². The Kier molecular flexibility index (Phi) is 15.3. The lowest BCUT2D eigenvalue weighted by atomic mass is 9.65. The number of hydrogen-bond acceptors (Lipinski definition) is 17. The molecule has 0 bridgehead atoms. The average Bonchev–Trinajstić information content (AvgIpc) is 3.90. The summed E-state index contributed by atoms with van der Waals surface area (Å²) in [6, 6.07) is 28.3. The standard InChI is InChI=1S/C55H54N6O13/c1-69-32-33-73-54(68)60-42-23-18-35(12-10-17-40(49(64)70-2)50(65)71-3)34-41(42)55(52(60)67)43(48(63)58-26-28-59(29-27-58)53-56-24-11-25-57-53)45-51(66)74-46(37-15-8-5-9-16-37)44(36-13-6-4-7-14-36)61(45)47(55)38-19-21-39(22-20-38)72-31-30-62/h4-9,11,13-16,18-25,34,40,43-47,62H,17,26-33H2,1-3H3/t43-,44-,45-,46+,47+,55-/m0/s1. The van der Waals surface area contributed by atoms with E-state index < -0.39 is 77.3 Å². The van der Waals surface area contributed by atoms with Gasteiger partial charge in [0.1, 0.15) is 36.5 Å². The first-order valence-electron chi connectivity index (χ1n) is 24.1. The molecular formula is C55H54N6O13. The van der Waals surface area contributed by atoms with Crippen molar-refractivity contribution in [3.63, 3.8) is 0 Å². The van der Waals surface area contributed by atoms with Crippen LogP contribution in [0.5, 0.6) is 5.75 Å². The first kappa shape index (κ1) is 50.7. The molecule has 4 aromatic carbocycles. The van der Waals surface area contributed by atoms with Crippen LogP contribution in [-0.4, -0.2) is 141 Å². The Labute approximate surface area is 426 Å². The first-order valence-corrected chi connectivity index (χ1v) is 24.1. The van der Waals surface area contributed by atoms with E-state index in [-0.39, 0.29) is 62.8 Å². The van der Waals surface area contributed by atoms with Crippen molar-refractivity contribution < 1.29 is 62.3 Å². The highest BCUT2D eigenvalue weighted by Crippen LogP contribution is 2.66. The van der Waals surface area contributed by atoms with Crippen LogP contribution >= 0.6 is 0 Å². The minimum absolute atomic E-state index is 0.00233. The third kappa shape index (κ3) is 9.38. The quantitative estimate of drug-likeness (QED) is 0.0538. The molecule has 4 aliphatic heterocycles. The maximum absolute atomic E-state index is 16.6. The number of aliphatic hydroxyl groups excluding tert-OH is 1. The number of ether oxygens (including phenoxy) is 6. The molecule has 1 spiro atoms. The zero-order chi connectivity index (χ0) is 51.9. The molecule has 0 saturated carbocycles. The summed E-state index contributed by atoms with van der Waals surface area (Å²) >= 11 is 0. The maximum Gasteiger partial charge on any atom is 0.421 e. The number of aliphatic hydroxyl groups is 1. The summed E-state index contributed by atoms with van der Waals surface area (Å²) in [7, 11) is 3.73. The maximum atomic E-state index is 16.6. The molecule has 5 heterocycles. The number of fused-ring (bicyclic) bond motifs is 3. The number of cyclic esters (lactones) is 1. The summed E-state index contributed by atoms with van der Waals surface area (Å²) in [6.45, 7) is 0.467. The monoisotopic (exact) mass is 1010 g/mol. The minimum Gasteiger partial charge on any atom is -0.491 e. The predicted molar refractivity (Wildman–Crippen MR) is 264 cm³/mol. The van der Waals surface area contributed by atoms with E-state index in [1.54, 1.807) is 59.8 Å². The lowest BCUT2D eigenvalue weighted by Crippen LogP contribution is -2.59. The molecule has 3 saturated heterocycles. The molecule has 5 aromatic rings. The number of aromatic nitrogens is 2. The summed E-state index contributed by atoms with van der Waals surface area (Å²) in [4.78, 5) is 104. The molecule has 1 N–H and O–H groups in total. The highest BCUT2D eigenvalue weighted by Gasteiger charge is 2.76. The molecule has 382 valence electrons. The van der Waals surface area contributed by atoms with E-state index in [9.17, 15) is 19.5 Å². The second-order valence-corrected chi connectivity index (χ2v) is 17.9. The SMILES string of the molecule is COCCOC(=O)N1C(=O)[C@@]2(c3cc(C#CCC(C(=O)OC)C(=O)OC)ccc31)[C@H](C(=O)N1CCN(c3ncccn3)CC1)[C@H]1C(=O)O[C@H](c3ccccc3)[C@H](c3ccccc3)N1[C@@H]2c1ccc(OCCO)cc1. The van der Waals surface area contributed by atoms with Gasteiger partial charge in [-0.05, 0) is 58.7 Å². The van der Waals surface area contributed by atoms with Gasteiger partial charge in [-0.1, -0.05) is 84.6 Å². The van der Waals surface area contributed by atoms with Crippen LogP contribution in [0, 0.1) is 23.7 Å². The first-order chi connectivity index (χ1) is 36.1. The van der Waals surface area contributed by atoms with Crippen LogP contribution in [-0.2, 0) is 53.1 Å². The third-order valence-corrected chi connectivity index (χ3v) is 13.9. The van der Waals surface area contributed by atoms with E-state index in [1.807, 2.05) is 70.5 Å². The summed E-state index contributed by atoms with van der Waals surface area (Å²) in [6.07, 6.45) is 0.943. The summed E-state index contributed by atoms with van der Waals surface area (Å²) < 4.78 is 33.1. The van der Waals surface area contributed by atoms with E-state index in [0.717, 1.165) is 19.1 Å². The van der Waals surface area contributed by atoms with Crippen LogP contribution in [0.2, 0.25) is 0 Å². The third-order valence-electron chi connectivity index (χ3n) is 13.9. The van der Waals surface area contributed by atoms with Crippen molar-refractivity contribution in [2.24, 2.45) is 11.8 Å². The molecule has 9 rings (SSSR count). The van der Waals surface area contributed by atoms with Gasteiger partial charge in [-0.25, -0.2) is 19.7 Å². The number of amides is 3. The lowest BCUT2D eigenvalue weighted by Gasteiger charge is -2.46. The Morgan fingerprint density at radius 1 is 0.770 bits per heavy atom. The van der Waals surface area contributed by atoms with Crippen molar-refractivity contribution in [3.8, 4) is 17.6 Å². The molecule has 3 fully saturated rings. The van der Waals surface area contributed by atoms with Gasteiger partial charge in [0, 0.05) is 57.7 Å². The number of benzene rings is 4. The summed E-state index contributed by atoms with van der Waals surface area (Å²) in [5, 5.41) is 9.64. The van der Waals surface area contributed by atoms with Gasteiger partial charge >= 0.3 is 24.0 Å².